The van der Waals surface area contributed by atoms with E-state index >= 15 is 0 Å². The first-order chi connectivity index (χ1) is 9.69. The largest absolute Gasteiger partial charge is 0.478 e. The Bertz CT molecular complexity index is 778. The van der Waals surface area contributed by atoms with Crippen LogP contribution in [0.15, 0.2) is 53.7 Å². The third kappa shape index (κ3) is 2.16. The molecule has 3 rings (SSSR count). The number of fused-ring (bicyclic) bond motifs is 1. The average Bonchev–Trinajstić information content (AvgIpc) is 2.90. The maximum absolute atomic E-state index is 11.1. The highest BCUT2D eigenvalue weighted by molar-refractivity contribution is 7.98. The van der Waals surface area contributed by atoms with Gasteiger partial charge in [0.15, 0.2) is 0 Å². The summed E-state index contributed by atoms with van der Waals surface area (Å²) in [6.07, 6.45) is 3.74. The first-order valence-electron chi connectivity index (χ1n) is 6.04. The Balaban J connectivity index is 2.14. The number of nitrogens with zero attached hydrogens (tertiary/aromatic N) is 2. The molecule has 0 saturated heterocycles. The molecule has 1 N–H and O–H groups in total. The lowest BCUT2D eigenvalue weighted by Crippen LogP contribution is -1.97. The molecule has 5 heteroatoms. The average molecular weight is 284 g/mol. The second-order valence-corrected chi connectivity index (χ2v) is 5.20. The lowest BCUT2D eigenvalue weighted by molar-refractivity contribution is 0.0697. The molecular formula is C15H12N2O2S. The standard InChI is InChI=1S/C15H12N2O2S/c1-20-12-5-3-11(4-6-12)17-9-16-13-7-2-10(15(18)19)8-14(13)17/h2-9H,1H3,(H,18,19). The summed E-state index contributed by atoms with van der Waals surface area (Å²) in [5.41, 5.74) is 2.80. The van der Waals surface area contributed by atoms with Crippen LogP contribution in [-0.4, -0.2) is 26.9 Å². The van der Waals surface area contributed by atoms with Gasteiger partial charge in [-0.15, -0.1) is 11.8 Å². The fourth-order valence-corrected chi connectivity index (χ4v) is 2.50. The molecule has 0 aliphatic carbocycles. The maximum atomic E-state index is 11.1. The van der Waals surface area contributed by atoms with E-state index in [4.69, 9.17) is 5.11 Å². The molecule has 1 heterocycles. The number of imidazole rings is 1. The van der Waals surface area contributed by atoms with E-state index in [1.165, 1.54) is 4.90 Å². The van der Waals surface area contributed by atoms with E-state index in [9.17, 15) is 4.79 Å². The lowest BCUT2D eigenvalue weighted by Gasteiger charge is -2.05. The molecule has 0 aliphatic rings. The summed E-state index contributed by atoms with van der Waals surface area (Å²) >= 11 is 1.68. The van der Waals surface area contributed by atoms with Crippen LogP contribution in [0.25, 0.3) is 16.7 Å². The minimum Gasteiger partial charge on any atom is -0.478 e. The Morgan fingerprint density at radius 2 is 1.95 bits per heavy atom. The van der Waals surface area contributed by atoms with Crippen LogP contribution in [0.1, 0.15) is 10.4 Å². The number of hydrogen-bond acceptors (Lipinski definition) is 3. The predicted octanol–water partition coefficient (Wildman–Crippen LogP) is 3.45. The highest BCUT2D eigenvalue weighted by Crippen LogP contribution is 2.22. The number of benzene rings is 2. The highest BCUT2D eigenvalue weighted by atomic mass is 32.2. The topological polar surface area (TPSA) is 55.1 Å². The predicted molar refractivity (Wildman–Crippen MR) is 79.8 cm³/mol. The number of aromatic carboxylic acids is 1. The summed E-state index contributed by atoms with van der Waals surface area (Å²) in [5.74, 6) is -0.933. The molecule has 2 aromatic carbocycles. The van der Waals surface area contributed by atoms with E-state index in [2.05, 4.69) is 4.98 Å². The monoisotopic (exact) mass is 284 g/mol. The zero-order chi connectivity index (χ0) is 14.1. The summed E-state index contributed by atoms with van der Waals surface area (Å²) in [7, 11) is 0. The van der Waals surface area contributed by atoms with Crippen molar-refractivity contribution in [1.82, 2.24) is 9.55 Å². The van der Waals surface area contributed by atoms with Gasteiger partial charge in [0.05, 0.1) is 16.6 Å². The molecular weight excluding hydrogens is 272 g/mol. The van der Waals surface area contributed by atoms with E-state index < -0.39 is 5.97 Å². The molecule has 20 heavy (non-hydrogen) atoms. The summed E-state index contributed by atoms with van der Waals surface area (Å²) in [5, 5.41) is 9.08. The number of carboxylic acids is 1. The van der Waals surface area contributed by atoms with Gasteiger partial charge in [0.1, 0.15) is 6.33 Å². The van der Waals surface area contributed by atoms with Crippen LogP contribution < -0.4 is 0 Å². The van der Waals surface area contributed by atoms with Gasteiger partial charge in [0.2, 0.25) is 0 Å². The van der Waals surface area contributed by atoms with Crippen molar-refractivity contribution >= 4 is 28.8 Å². The number of carbonyl (C=O) groups is 1. The third-order valence-corrected chi connectivity index (χ3v) is 3.89. The quantitative estimate of drug-likeness (QED) is 0.748. The van der Waals surface area contributed by atoms with Gasteiger partial charge >= 0.3 is 5.97 Å². The second-order valence-electron chi connectivity index (χ2n) is 4.32. The van der Waals surface area contributed by atoms with Crippen molar-refractivity contribution in [2.45, 2.75) is 4.90 Å². The van der Waals surface area contributed by atoms with Crippen molar-refractivity contribution in [3.05, 3.63) is 54.4 Å². The van der Waals surface area contributed by atoms with Crippen LogP contribution in [0.4, 0.5) is 0 Å². The van der Waals surface area contributed by atoms with Crippen molar-refractivity contribution in [3.63, 3.8) is 0 Å². The van der Waals surface area contributed by atoms with E-state index in [-0.39, 0.29) is 5.56 Å². The lowest BCUT2D eigenvalue weighted by atomic mass is 10.2. The summed E-state index contributed by atoms with van der Waals surface area (Å²) in [4.78, 5) is 16.6. The van der Waals surface area contributed by atoms with Crippen molar-refractivity contribution in [2.75, 3.05) is 6.26 Å². The fourth-order valence-electron chi connectivity index (χ4n) is 2.09. The van der Waals surface area contributed by atoms with Crippen molar-refractivity contribution < 1.29 is 9.90 Å². The van der Waals surface area contributed by atoms with Crippen molar-refractivity contribution in [2.24, 2.45) is 0 Å². The number of aromatic nitrogens is 2. The van der Waals surface area contributed by atoms with Gasteiger partial charge in [-0.05, 0) is 48.7 Å². The number of hydrogen-bond donors (Lipinski definition) is 1. The van der Waals surface area contributed by atoms with Gasteiger partial charge in [-0.2, -0.15) is 0 Å². The van der Waals surface area contributed by atoms with Crippen LogP contribution in [0.5, 0.6) is 0 Å². The Hall–Kier alpha value is -2.27. The smallest absolute Gasteiger partial charge is 0.335 e. The SMILES string of the molecule is CSc1ccc(-n2cnc3ccc(C(=O)O)cc32)cc1. The van der Waals surface area contributed by atoms with Crippen LogP contribution in [-0.2, 0) is 0 Å². The molecule has 0 radical (unpaired) electrons. The zero-order valence-corrected chi connectivity index (χ0v) is 11.6. The van der Waals surface area contributed by atoms with Crippen LogP contribution >= 0.6 is 11.8 Å². The van der Waals surface area contributed by atoms with Crippen molar-refractivity contribution in [1.29, 1.82) is 0 Å². The number of carboxylic acid groups (broad SMARTS) is 1. The molecule has 0 saturated carbocycles. The van der Waals surface area contributed by atoms with E-state index in [1.54, 1.807) is 36.3 Å². The third-order valence-electron chi connectivity index (χ3n) is 3.14. The Kier molecular flexibility index (Phi) is 3.20. The zero-order valence-electron chi connectivity index (χ0n) is 10.8. The molecule has 4 nitrogen and oxygen atoms in total. The normalized spacial score (nSPS) is 10.8. The van der Waals surface area contributed by atoms with Gasteiger partial charge < -0.3 is 5.11 Å². The Morgan fingerprint density at radius 3 is 2.60 bits per heavy atom. The molecule has 0 aliphatic heterocycles. The molecule has 0 spiro atoms. The van der Waals surface area contributed by atoms with E-state index in [0.717, 1.165) is 16.7 Å². The number of thioether (sulfide) groups is 1. The van der Waals surface area contributed by atoms with Gasteiger partial charge in [-0.25, -0.2) is 9.78 Å². The molecule has 3 aromatic rings. The van der Waals surface area contributed by atoms with Gasteiger partial charge in [-0.3, -0.25) is 4.57 Å². The van der Waals surface area contributed by atoms with E-state index in [0.29, 0.717) is 0 Å². The minimum atomic E-state index is -0.933. The molecule has 100 valence electrons. The van der Waals surface area contributed by atoms with E-state index in [1.807, 2.05) is 35.1 Å². The van der Waals surface area contributed by atoms with Crippen LogP contribution in [0, 0.1) is 0 Å². The summed E-state index contributed by atoms with van der Waals surface area (Å²) in [6.45, 7) is 0. The van der Waals surface area contributed by atoms with Crippen LogP contribution in [0.2, 0.25) is 0 Å². The Labute approximate surface area is 120 Å². The number of rotatable bonds is 3. The summed E-state index contributed by atoms with van der Waals surface area (Å²) < 4.78 is 1.89. The fraction of sp³-hybridized carbons (Fsp3) is 0.0667. The van der Waals surface area contributed by atoms with Gasteiger partial charge in [0, 0.05) is 10.6 Å². The Morgan fingerprint density at radius 1 is 1.20 bits per heavy atom. The van der Waals surface area contributed by atoms with Crippen LogP contribution in [0.3, 0.4) is 0 Å². The van der Waals surface area contributed by atoms with Gasteiger partial charge in [0.25, 0.3) is 0 Å². The molecule has 0 atom stereocenters. The molecule has 0 amide bonds. The molecule has 1 aromatic heterocycles. The van der Waals surface area contributed by atoms with Gasteiger partial charge in [-0.1, -0.05) is 0 Å². The minimum absolute atomic E-state index is 0.264. The first kappa shape index (κ1) is 12.7. The first-order valence-corrected chi connectivity index (χ1v) is 7.26. The molecule has 0 unspecified atom stereocenters. The molecule has 0 fully saturated rings. The maximum Gasteiger partial charge on any atom is 0.335 e. The van der Waals surface area contributed by atoms with Crippen molar-refractivity contribution in [3.8, 4) is 5.69 Å². The second kappa shape index (κ2) is 5.02. The molecule has 0 bridgehead atoms. The highest BCUT2D eigenvalue weighted by Gasteiger charge is 2.09. The summed E-state index contributed by atoms with van der Waals surface area (Å²) in [6, 6.07) is 13.0.